The van der Waals surface area contributed by atoms with E-state index < -0.39 is 23.6 Å². The number of phenols is 2. The van der Waals surface area contributed by atoms with Gasteiger partial charge in [0, 0.05) is 18.5 Å². The molecule has 0 aliphatic rings. The van der Waals surface area contributed by atoms with Gasteiger partial charge in [0.05, 0.1) is 7.11 Å². The van der Waals surface area contributed by atoms with Crippen LogP contribution in [0.15, 0.2) is 78.4 Å². The summed E-state index contributed by atoms with van der Waals surface area (Å²) in [6, 6.07) is 19.8. The minimum atomic E-state index is -1.07. The third-order valence-corrected chi connectivity index (χ3v) is 6.42. The van der Waals surface area contributed by atoms with Crippen molar-refractivity contribution in [2.45, 2.75) is 45.1 Å². The van der Waals surface area contributed by atoms with Gasteiger partial charge in [-0.2, -0.15) is 0 Å². The molecule has 210 valence electrons. The van der Waals surface area contributed by atoms with Crippen LogP contribution in [0.3, 0.4) is 0 Å². The number of phenolic OH excluding ortho intramolecular Hbond substituents is 2. The summed E-state index contributed by atoms with van der Waals surface area (Å²) in [6.45, 7) is 2.26. The van der Waals surface area contributed by atoms with E-state index in [9.17, 15) is 24.6 Å². The molecule has 3 aromatic carbocycles. The topological polar surface area (TPSA) is 125 Å². The molecule has 0 bridgehead atoms. The standard InChI is InChI=1S/C32H36N2O6/c1-3-4-10-25(19-24-13-16-28(35)29(36)21-24)31(38)34-27(20-23-8-6-5-7-9-23)30(37)32(39)33-18-17-22-11-14-26(40-2)15-12-22/h5-9,11-16,19,21,27,35-36H,3-4,10,17-18,20H2,1-2H3,(H,33,39)(H,34,38)/b25-19+/t27-/m0/s1. The fourth-order valence-electron chi connectivity index (χ4n) is 4.12. The summed E-state index contributed by atoms with van der Waals surface area (Å²) in [7, 11) is 1.59. The van der Waals surface area contributed by atoms with Gasteiger partial charge in [-0.3, -0.25) is 14.4 Å². The third-order valence-electron chi connectivity index (χ3n) is 6.42. The van der Waals surface area contributed by atoms with Crippen LogP contribution < -0.4 is 15.4 Å². The molecule has 0 radical (unpaired) electrons. The van der Waals surface area contributed by atoms with Gasteiger partial charge in [0.25, 0.3) is 5.91 Å². The average Bonchev–Trinajstić information content (AvgIpc) is 2.97. The van der Waals surface area contributed by atoms with Crippen molar-refractivity contribution in [2.75, 3.05) is 13.7 Å². The number of amides is 2. The number of Topliss-reactive ketones (excluding diaryl/α,β-unsaturated/α-hetero) is 1. The van der Waals surface area contributed by atoms with Gasteiger partial charge in [-0.1, -0.05) is 61.9 Å². The fourth-order valence-corrected chi connectivity index (χ4v) is 4.12. The maximum Gasteiger partial charge on any atom is 0.289 e. The zero-order valence-electron chi connectivity index (χ0n) is 22.9. The number of methoxy groups -OCH3 is 1. The number of ketones is 1. The molecule has 0 spiro atoms. The predicted molar refractivity (Wildman–Crippen MR) is 154 cm³/mol. The van der Waals surface area contributed by atoms with Crippen LogP contribution in [0.1, 0.15) is 42.9 Å². The molecule has 40 heavy (non-hydrogen) atoms. The Labute approximate surface area is 234 Å². The van der Waals surface area contributed by atoms with E-state index in [2.05, 4.69) is 10.6 Å². The minimum absolute atomic E-state index is 0.151. The van der Waals surface area contributed by atoms with E-state index in [1.807, 2.05) is 61.5 Å². The lowest BCUT2D eigenvalue weighted by molar-refractivity contribution is -0.139. The van der Waals surface area contributed by atoms with E-state index in [0.29, 0.717) is 24.0 Å². The van der Waals surface area contributed by atoms with Crippen LogP contribution in [0.4, 0.5) is 0 Å². The Bertz CT molecular complexity index is 1320. The Balaban J connectivity index is 1.75. The van der Waals surface area contributed by atoms with Crippen molar-refractivity contribution in [2.24, 2.45) is 0 Å². The second kappa shape index (κ2) is 15.1. The molecule has 2 amide bonds. The van der Waals surface area contributed by atoms with Crippen molar-refractivity contribution in [1.29, 1.82) is 0 Å². The molecule has 0 aliphatic heterocycles. The second-order valence-electron chi connectivity index (χ2n) is 9.46. The number of nitrogens with one attached hydrogen (secondary N) is 2. The largest absolute Gasteiger partial charge is 0.504 e. The van der Waals surface area contributed by atoms with Gasteiger partial charge < -0.3 is 25.6 Å². The normalized spacial score (nSPS) is 11.9. The molecule has 0 heterocycles. The number of carbonyl (C=O) groups excluding carboxylic acids is 3. The van der Waals surface area contributed by atoms with Crippen molar-refractivity contribution in [3.05, 3.63) is 95.1 Å². The van der Waals surface area contributed by atoms with E-state index in [1.54, 1.807) is 19.3 Å². The van der Waals surface area contributed by atoms with Crippen molar-refractivity contribution in [3.8, 4) is 17.2 Å². The molecule has 0 saturated carbocycles. The smallest absolute Gasteiger partial charge is 0.289 e. The summed E-state index contributed by atoms with van der Waals surface area (Å²) in [4.78, 5) is 39.5. The highest BCUT2D eigenvalue weighted by molar-refractivity contribution is 6.38. The Kier molecular flexibility index (Phi) is 11.3. The Hall–Kier alpha value is -4.59. The van der Waals surface area contributed by atoms with Crippen LogP contribution in [0.5, 0.6) is 17.2 Å². The lowest BCUT2D eigenvalue weighted by Gasteiger charge is -2.19. The molecule has 1 atom stereocenters. The van der Waals surface area contributed by atoms with Gasteiger partial charge in [-0.15, -0.1) is 0 Å². The number of benzene rings is 3. The van der Waals surface area contributed by atoms with Crippen molar-refractivity contribution >= 4 is 23.7 Å². The number of hydrogen-bond donors (Lipinski definition) is 4. The molecule has 4 N–H and O–H groups in total. The molecule has 0 saturated heterocycles. The maximum atomic E-state index is 13.4. The van der Waals surface area contributed by atoms with Crippen LogP contribution in [-0.4, -0.2) is 47.5 Å². The van der Waals surface area contributed by atoms with Crippen molar-refractivity contribution in [3.63, 3.8) is 0 Å². The predicted octanol–water partition coefficient (Wildman–Crippen LogP) is 4.34. The molecule has 3 aromatic rings. The monoisotopic (exact) mass is 544 g/mol. The number of unbranched alkanes of at least 4 members (excludes halogenated alkanes) is 1. The average molecular weight is 545 g/mol. The highest BCUT2D eigenvalue weighted by Crippen LogP contribution is 2.26. The number of aromatic hydroxyl groups is 2. The molecule has 0 aliphatic carbocycles. The molecule has 8 heteroatoms. The number of ether oxygens (including phenoxy) is 1. The molecule has 0 unspecified atom stereocenters. The van der Waals surface area contributed by atoms with Gasteiger partial charge in [0.2, 0.25) is 11.7 Å². The SMILES string of the molecule is CCCC/C(=C\c1ccc(O)c(O)c1)C(=O)N[C@@H](Cc1ccccc1)C(=O)C(=O)NCCc1ccc(OC)cc1. The zero-order valence-corrected chi connectivity index (χ0v) is 22.9. The summed E-state index contributed by atoms with van der Waals surface area (Å²) < 4.78 is 5.16. The Morgan fingerprint density at radius 2 is 1.62 bits per heavy atom. The number of rotatable bonds is 14. The molecule has 8 nitrogen and oxygen atoms in total. The minimum Gasteiger partial charge on any atom is -0.504 e. The molecule has 0 fully saturated rings. The Morgan fingerprint density at radius 3 is 2.27 bits per heavy atom. The van der Waals surface area contributed by atoms with E-state index in [0.717, 1.165) is 29.7 Å². The third kappa shape index (κ3) is 9.01. The van der Waals surface area contributed by atoms with Crippen molar-refractivity contribution in [1.82, 2.24) is 10.6 Å². The molecular weight excluding hydrogens is 508 g/mol. The van der Waals surface area contributed by atoms with Crippen LogP contribution in [0.2, 0.25) is 0 Å². The second-order valence-corrected chi connectivity index (χ2v) is 9.46. The van der Waals surface area contributed by atoms with E-state index >= 15 is 0 Å². The van der Waals surface area contributed by atoms with Gasteiger partial charge in [-0.25, -0.2) is 0 Å². The van der Waals surface area contributed by atoms with Crippen LogP contribution in [-0.2, 0) is 27.2 Å². The summed E-state index contributed by atoms with van der Waals surface area (Å²) in [5.41, 5.74) is 2.71. The first-order valence-electron chi connectivity index (χ1n) is 13.3. The Morgan fingerprint density at radius 1 is 0.900 bits per heavy atom. The first kappa shape index (κ1) is 30.0. The van der Waals surface area contributed by atoms with E-state index in [4.69, 9.17) is 4.74 Å². The summed E-state index contributed by atoms with van der Waals surface area (Å²) in [5, 5.41) is 24.9. The highest BCUT2D eigenvalue weighted by Gasteiger charge is 2.28. The molecular formula is C32H36N2O6. The highest BCUT2D eigenvalue weighted by atomic mass is 16.5. The van der Waals surface area contributed by atoms with Crippen LogP contribution >= 0.6 is 0 Å². The number of hydrogen-bond acceptors (Lipinski definition) is 6. The van der Waals surface area contributed by atoms with Crippen LogP contribution in [0.25, 0.3) is 6.08 Å². The van der Waals surface area contributed by atoms with Gasteiger partial charge >= 0.3 is 0 Å². The zero-order chi connectivity index (χ0) is 28.9. The fraction of sp³-hybridized carbons (Fsp3) is 0.281. The summed E-state index contributed by atoms with van der Waals surface area (Å²) in [6.07, 6.45) is 4.30. The van der Waals surface area contributed by atoms with Gasteiger partial charge in [-0.05, 0) is 66.3 Å². The van der Waals surface area contributed by atoms with Gasteiger partial charge in [0.15, 0.2) is 11.5 Å². The maximum absolute atomic E-state index is 13.4. The van der Waals surface area contributed by atoms with E-state index in [-0.39, 0.29) is 24.5 Å². The first-order valence-corrected chi connectivity index (χ1v) is 13.3. The molecule has 3 rings (SSSR count). The summed E-state index contributed by atoms with van der Waals surface area (Å²) in [5.74, 6) is -1.80. The van der Waals surface area contributed by atoms with Crippen LogP contribution in [0, 0.1) is 0 Å². The first-order chi connectivity index (χ1) is 19.3. The lowest BCUT2D eigenvalue weighted by Crippen LogP contribution is -2.49. The van der Waals surface area contributed by atoms with Gasteiger partial charge in [0.1, 0.15) is 11.8 Å². The van der Waals surface area contributed by atoms with E-state index in [1.165, 1.54) is 12.1 Å². The lowest BCUT2D eigenvalue weighted by atomic mass is 9.99. The van der Waals surface area contributed by atoms with Crippen molar-refractivity contribution < 1.29 is 29.3 Å². The molecule has 0 aromatic heterocycles. The summed E-state index contributed by atoms with van der Waals surface area (Å²) >= 11 is 0. The quantitative estimate of drug-likeness (QED) is 0.136. The number of carbonyl (C=O) groups is 3.